The second-order valence-electron chi connectivity index (χ2n) is 22.3. The van der Waals surface area contributed by atoms with Crippen LogP contribution in [0.5, 0.6) is 0 Å². The molecular formula is C73H126NO8P. The van der Waals surface area contributed by atoms with Crippen LogP contribution in [0.3, 0.4) is 0 Å². The van der Waals surface area contributed by atoms with E-state index in [0.717, 1.165) is 109 Å². The summed E-state index contributed by atoms with van der Waals surface area (Å²) in [6.07, 6.45) is 94.3. The molecule has 0 saturated carbocycles. The van der Waals surface area contributed by atoms with E-state index in [-0.39, 0.29) is 38.6 Å². The van der Waals surface area contributed by atoms with Gasteiger partial charge < -0.3 is 20.1 Å². The summed E-state index contributed by atoms with van der Waals surface area (Å²) in [5, 5.41) is 0. The van der Waals surface area contributed by atoms with E-state index in [4.69, 9.17) is 24.3 Å². The summed E-state index contributed by atoms with van der Waals surface area (Å²) < 4.78 is 33.1. The Morgan fingerprint density at radius 1 is 0.373 bits per heavy atom. The first-order chi connectivity index (χ1) is 40.8. The molecule has 0 aliphatic carbocycles. The monoisotopic (exact) mass is 1180 g/mol. The van der Waals surface area contributed by atoms with E-state index in [1.54, 1.807) is 0 Å². The van der Waals surface area contributed by atoms with Crippen molar-refractivity contribution < 1.29 is 37.6 Å². The zero-order chi connectivity index (χ0) is 60.1. The number of hydrogen-bond acceptors (Lipinski definition) is 8. The van der Waals surface area contributed by atoms with Crippen LogP contribution < -0.4 is 5.73 Å². The smallest absolute Gasteiger partial charge is 0.462 e. The molecule has 3 N–H and O–H groups in total. The van der Waals surface area contributed by atoms with Crippen molar-refractivity contribution in [1.29, 1.82) is 0 Å². The summed E-state index contributed by atoms with van der Waals surface area (Å²) in [5.41, 5.74) is 5.40. The van der Waals surface area contributed by atoms with Crippen LogP contribution in [0.4, 0.5) is 0 Å². The molecule has 0 radical (unpaired) electrons. The Morgan fingerprint density at radius 2 is 0.663 bits per heavy atom. The zero-order valence-electron chi connectivity index (χ0n) is 53.4. The van der Waals surface area contributed by atoms with E-state index in [2.05, 4.69) is 135 Å². The number of esters is 2. The molecule has 0 saturated heterocycles. The van der Waals surface area contributed by atoms with Gasteiger partial charge in [0, 0.05) is 19.4 Å². The van der Waals surface area contributed by atoms with E-state index in [1.807, 2.05) is 0 Å². The van der Waals surface area contributed by atoms with Gasteiger partial charge >= 0.3 is 19.8 Å². The lowest BCUT2D eigenvalue weighted by Gasteiger charge is -2.19. The Labute approximate surface area is 511 Å². The first kappa shape index (κ1) is 79.4. The van der Waals surface area contributed by atoms with Crippen molar-refractivity contribution >= 4 is 19.8 Å². The summed E-state index contributed by atoms with van der Waals surface area (Å²) >= 11 is 0. The van der Waals surface area contributed by atoms with Crippen molar-refractivity contribution in [1.82, 2.24) is 0 Å². The second-order valence-corrected chi connectivity index (χ2v) is 23.8. The highest BCUT2D eigenvalue weighted by Crippen LogP contribution is 2.43. The summed E-state index contributed by atoms with van der Waals surface area (Å²) in [4.78, 5) is 35.3. The van der Waals surface area contributed by atoms with Gasteiger partial charge in [-0.05, 0) is 89.9 Å². The quantitative estimate of drug-likeness (QED) is 0.0264. The number of phosphoric ester groups is 1. The van der Waals surface area contributed by atoms with E-state index >= 15 is 0 Å². The van der Waals surface area contributed by atoms with Gasteiger partial charge in [0.05, 0.1) is 13.2 Å². The van der Waals surface area contributed by atoms with Gasteiger partial charge in [-0.1, -0.05) is 315 Å². The largest absolute Gasteiger partial charge is 0.472 e. The first-order valence-electron chi connectivity index (χ1n) is 34.0. The van der Waals surface area contributed by atoms with Crippen LogP contribution in [0, 0.1) is 0 Å². The average Bonchev–Trinajstić information content (AvgIpc) is 3.48. The molecule has 0 aromatic heterocycles. The fraction of sp³-hybridized carbons (Fsp3) is 0.699. The molecule has 9 nitrogen and oxygen atoms in total. The predicted octanol–water partition coefficient (Wildman–Crippen LogP) is 22.3. The molecule has 0 heterocycles. The Morgan fingerprint density at radius 3 is 0.988 bits per heavy atom. The van der Waals surface area contributed by atoms with E-state index in [1.165, 1.54) is 154 Å². The molecule has 0 aliphatic rings. The lowest BCUT2D eigenvalue weighted by atomic mass is 10.0. The molecule has 476 valence electrons. The van der Waals surface area contributed by atoms with Crippen LogP contribution in [0.1, 0.15) is 296 Å². The van der Waals surface area contributed by atoms with E-state index in [0.29, 0.717) is 6.42 Å². The minimum atomic E-state index is -4.41. The molecule has 0 amide bonds. The van der Waals surface area contributed by atoms with Crippen molar-refractivity contribution in [3.8, 4) is 0 Å². The lowest BCUT2D eigenvalue weighted by Crippen LogP contribution is -2.29. The third kappa shape index (κ3) is 67.4. The SMILES string of the molecule is CC/C=C\C/C=C\C/C=C\C/C=C\C/C=C\C/C=C\C/C=C\C/C=C\C/C=C\C/C=C\CCCCCCC(=O)OC(COC(=O)CCCCCCCCCCCCCCCCCCCCCCCCCCCCC)COP(=O)(O)OCCN. The molecule has 0 fully saturated rings. The zero-order valence-corrected chi connectivity index (χ0v) is 54.3. The number of rotatable bonds is 63. The molecule has 0 aromatic rings. The van der Waals surface area contributed by atoms with Crippen LogP contribution in [-0.2, 0) is 32.7 Å². The maximum absolute atomic E-state index is 12.7. The number of allylic oxidation sites excluding steroid dienone is 20. The number of unbranched alkanes of at least 4 members (excludes halogenated alkanes) is 30. The normalized spacial score (nSPS) is 13.7. The molecule has 83 heavy (non-hydrogen) atoms. The summed E-state index contributed by atoms with van der Waals surface area (Å²) in [7, 11) is -4.41. The minimum absolute atomic E-state index is 0.0441. The first-order valence-corrected chi connectivity index (χ1v) is 35.5. The molecule has 0 bridgehead atoms. The van der Waals surface area contributed by atoms with Crippen LogP contribution >= 0.6 is 7.82 Å². The Balaban J connectivity index is 4.00. The maximum atomic E-state index is 12.7. The topological polar surface area (TPSA) is 134 Å². The number of ether oxygens (including phenoxy) is 2. The summed E-state index contributed by atoms with van der Waals surface area (Å²) in [6.45, 7) is 3.63. The number of hydrogen-bond donors (Lipinski definition) is 2. The van der Waals surface area contributed by atoms with E-state index in [9.17, 15) is 19.0 Å². The fourth-order valence-corrected chi connectivity index (χ4v) is 10.1. The minimum Gasteiger partial charge on any atom is -0.462 e. The number of carbonyl (C=O) groups is 2. The standard InChI is InChI=1S/C73H126NO8P/c1-3-5-7-9-11-13-15-17-19-21-23-25-27-29-31-32-33-34-35-36-37-38-40-42-44-46-48-50-52-54-56-58-60-62-64-66-73(76)82-71(70-81-83(77,78)80-68-67-74)69-79-72(75)65-63-61-59-57-55-53-51-49-47-45-43-41-39-30-28-26-24-22-20-18-16-14-12-10-8-6-4-2/h5,7,11,13,17,19,23,25,29,31,33-34,36-37,40,42,46,48,52,54,71H,3-4,6,8-10,12,14-16,18,20-22,24,26-28,30,32,35,38-39,41,43-45,47,49-51,53,55-70,74H2,1-2H3,(H,77,78)/b7-5-,13-11-,19-17-,25-23-,31-29-,34-33-,37-36-,42-40-,48-46-,54-52-. The summed E-state index contributed by atoms with van der Waals surface area (Å²) in [5.74, 6) is -0.853. The number of nitrogens with two attached hydrogens (primary N) is 1. The molecule has 2 unspecified atom stereocenters. The fourth-order valence-electron chi connectivity index (χ4n) is 9.37. The third-order valence-corrected chi connectivity index (χ3v) is 15.3. The average molecular weight is 1180 g/mol. The van der Waals surface area contributed by atoms with Crippen molar-refractivity contribution in [3.05, 3.63) is 122 Å². The second kappa shape index (κ2) is 67.5. The van der Waals surface area contributed by atoms with Gasteiger partial charge in [0.1, 0.15) is 6.61 Å². The predicted molar refractivity (Wildman–Crippen MR) is 358 cm³/mol. The highest BCUT2D eigenvalue weighted by Gasteiger charge is 2.26. The van der Waals surface area contributed by atoms with Gasteiger partial charge in [-0.25, -0.2) is 4.57 Å². The van der Waals surface area contributed by atoms with Gasteiger partial charge in [-0.3, -0.25) is 18.6 Å². The van der Waals surface area contributed by atoms with Crippen LogP contribution in [-0.4, -0.2) is 49.3 Å². The Bertz CT molecular complexity index is 1770. The highest BCUT2D eigenvalue weighted by atomic mass is 31.2. The molecule has 2 atom stereocenters. The highest BCUT2D eigenvalue weighted by molar-refractivity contribution is 7.47. The van der Waals surface area contributed by atoms with Gasteiger partial charge in [0.25, 0.3) is 0 Å². The molecule has 10 heteroatoms. The van der Waals surface area contributed by atoms with Gasteiger partial charge in [-0.2, -0.15) is 0 Å². The van der Waals surface area contributed by atoms with Crippen LogP contribution in [0.2, 0.25) is 0 Å². The van der Waals surface area contributed by atoms with Crippen LogP contribution in [0.25, 0.3) is 0 Å². The van der Waals surface area contributed by atoms with Crippen molar-refractivity contribution in [2.24, 2.45) is 5.73 Å². The number of carbonyl (C=O) groups excluding carboxylic acids is 2. The third-order valence-electron chi connectivity index (χ3n) is 14.4. The molecule has 0 rings (SSSR count). The van der Waals surface area contributed by atoms with E-state index < -0.39 is 26.5 Å². The van der Waals surface area contributed by atoms with Gasteiger partial charge in [0.2, 0.25) is 0 Å². The van der Waals surface area contributed by atoms with Crippen LogP contribution in [0.15, 0.2) is 122 Å². The molecule has 0 aromatic carbocycles. The molecular weight excluding hydrogens is 1050 g/mol. The maximum Gasteiger partial charge on any atom is 0.472 e. The van der Waals surface area contributed by atoms with Gasteiger partial charge in [0.15, 0.2) is 6.10 Å². The van der Waals surface area contributed by atoms with Crippen molar-refractivity contribution in [2.45, 2.75) is 302 Å². The lowest BCUT2D eigenvalue weighted by molar-refractivity contribution is -0.161. The van der Waals surface area contributed by atoms with Crippen molar-refractivity contribution in [3.63, 3.8) is 0 Å². The van der Waals surface area contributed by atoms with Crippen molar-refractivity contribution in [2.75, 3.05) is 26.4 Å². The summed E-state index contributed by atoms with van der Waals surface area (Å²) in [6, 6.07) is 0. The molecule has 0 spiro atoms. The van der Waals surface area contributed by atoms with Gasteiger partial charge in [-0.15, -0.1) is 0 Å². The molecule has 0 aliphatic heterocycles. The number of phosphoric acid groups is 1. The Hall–Kier alpha value is -3.59. The Kier molecular flexibility index (Phi) is 64.6.